The molecule has 0 saturated carbocycles. The molecule has 0 aromatic rings. The largest absolute Gasteiger partial charge is 0.378 e. The van der Waals surface area contributed by atoms with Crippen molar-refractivity contribution in [3.63, 3.8) is 0 Å². The molecule has 2 heteroatoms. The van der Waals surface area contributed by atoms with Gasteiger partial charge in [0.1, 0.15) is 0 Å². The van der Waals surface area contributed by atoms with E-state index in [2.05, 4.69) is 18.7 Å². The van der Waals surface area contributed by atoms with Crippen LogP contribution >= 0.6 is 0 Å². The lowest BCUT2D eigenvalue weighted by Gasteiger charge is -2.39. The fraction of sp³-hybridized carbons (Fsp3) is 1.00. The summed E-state index contributed by atoms with van der Waals surface area (Å²) in [7, 11) is 0. The molecular formula is C14H27NO. The highest BCUT2D eigenvalue weighted by Crippen LogP contribution is 2.25. The van der Waals surface area contributed by atoms with Crippen molar-refractivity contribution in [2.45, 2.75) is 64.5 Å². The summed E-state index contributed by atoms with van der Waals surface area (Å²) in [6.45, 7) is 8.21. The zero-order chi connectivity index (χ0) is 11.4. The molecule has 2 rings (SSSR count). The summed E-state index contributed by atoms with van der Waals surface area (Å²) in [6, 6.07) is 0.868. The van der Waals surface area contributed by atoms with E-state index in [9.17, 15) is 0 Å². The first-order chi connectivity index (χ1) is 7.79. The molecule has 0 radical (unpaired) electrons. The molecule has 2 aliphatic heterocycles. The van der Waals surface area contributed by atoms with Crippen molar-refractivity contribution >= 4 is 0 Å². The van der Waals surface area contributed by atoms with Gasteiger partial charge < -0.3 is 9.64 Å². The minimum Gasteiger partial charge on any atom is -0.378 e. The standard InChI is InChI=1S/C14H27NO/c1-3-14-6-4-5-8-15(14)11-13-7-9-16-12(2)10-13/h12-14H,3-11H2,1-2H3/t12-,13-,14-/m1/s1. The number of piperidine rings is 1. The molecule has 2 heterocycles. The predicted molar refractivity (Wildman–Crippen MR) is 67.6 cm³/mol. The van der Waals surface area contributed by atoms with E-state index < -0.39 is 0 Å². The second-order valence-electron chi connectivity index (χ2n) is 5.62. The maximum Gasteiger partial charge on any atom is 0.0550 e. The molecule has 94 valence electrons. The van der Waals surface area contributed by atoms with E-state index in [0.717, 1.165) is 18.6 Å². The van der Waals surface area contributed by atoms with E-state index in [1.807, 2.05) is 0 Å². The van der Waals surface area contributed by atoms with E-state index in [1.165, 1.54) is 51.6 Å². The average Bonchev–Trinajstić information content (AvgIpc) is 2.30. The summed E-state index contributed by atoms with van der Waals surface area (Å²) < 4.78 is 5.63. The van der Waals surface area contributed by atoms with Crippen LogP contribution in [-0.2, 0) is 4.74 Å². The summed E-state index contributed by atoms with van der Waals surface area (Å²) in [5, 5.41) is 0. The fourth-order valence-electron chi connectivity index (χ4n) is 3.35. The van der Waals surface area contributed by atoms with Crippen molar-refractivity contribution in [2.24, 2.45) is 5.92 Å². The SMILES string of the molecule is CC[C@@H]1CCCCN1C[C@@H]1CCO[C@H](C)C1. The van der Waals surface area contributed by atoms with Gasteiger partial charge in [0, 0.05) is 19.2 Å². The number of likely N-dealkylation sites (tertiary alicyclic amines) is 1. The summed E-state index contributed by atoms with van der Waals surface area (Å²) in [6.07, 6.45) is 8.65. The lowest BCUT2D eigenvalue weighted by Crippen LogP contribution is -2.43. The Hall–Kier alpha value is -0.0800. The molecule has 3 atom stereocenters. The number of hydrogen-bond donors (Lipinski definition) is 0. The summed E-state index contributed by atoms with van der Waals surface area (Å²) in [4.78, 5) is 2.76. The van der Waals surface area contributed by atoms with E-state index in [-0.39, 0.29) is 0 Å². The molecular weight excluding hydrogens is 198 g/mol. The van der Waals surface area contributed by atoms with Crippen LogP contribution < -0.4 is 0 Å². The van der Waals surface area contributed by atoms with Crippen LogP contribution in [0.2, 0.25) is 0 Å². The quantitative estimate of drug-likeness (QED) is 0.732. The molecule has 2 nitrogen and oxygen atoms in total. The van der Waals surface area contributed by atoms with Crippen molar-refractivity contribution in [1.82, 2.24) is 4.90 Å². The maximum absolute atomic E-state index is 5.63. The second-order valence-corrected chi connectivity index (χ2v) is 5.62. The Morgan fingerprint density at radius 1 is 1.25 bits per heavy atom. The minimum atomic E-state index is 0.489. The van der Waals surface area contributed by atoms with Crippen LogP contribution in [0.3, 0.4) is 0 Å². The lowest BCUT2D eigenvalue weighted by molar-refractivity contribution is -0.0121. The van der Waals surface area contributed by atoms with Crippen molar-refractivity contribution in [3.8, 4) is 0 Å². The second kappa shape index (κ2) is 6.02. The van der Waals surface area contributed by atoms with Gasteiger partial charge in [0.05, 0.1) is 6.10 Å². The fourth-order valence-corrected chi connectivity index (χ4v) is 3.35. The summed E-state index contributed by atoms with van der Waals surface area (Å²) >= 11 is 0. The molecule has 0 aromatic heterocycles. The third-order valence-corrected chi connectivity index (χ3v) is 4.31. The molecule has 2 fully saturated rings. The monoisotopic (exact) mass is 225 g/mol. The zero-order valence-electron chi connectivity index (χ0n) is 11.0. The molecule has 0 aromatic carbocycles. The highest BCUT2D eigenvalue weighted by molar-refractivity contribution is 4.80. The Morgan fingerprint density at radius 3 is 2.88 bits per heavy atom. The van der Waals surface area contributed by atoms with Crippen LogP contribution in [0.15, 0.2) is 0 Å². The Bertz CT molecular complexity index is 207. The van der Waals surface area contributed by atoms with Crippen molar-refractivity contribution < 1.29 is 4.74 Å². The highest BCUT2D eigenvalue weighted by atomic mass is 16.5. The minimum absolute atomic E-state index is 0.489. The molecule has 0 spiro atoms. The highest BCUT2D eigenvalue weighted by Gasteiger charge is 2.26. The van der Waals surface area contributed by atoms with Gasteiger partial charge in [-0.2, -0.15) is 0 Å². The molecule has 2 aliphatic rings. The lowest BCUT2D eigenvalue weighted by atomic mass is 9.92. The van der Waals surface area contributed by atoms with Gasteiger partial charge in [0.25, 0.3) is 0 Å². The van der Waals surface area contributed by atoms with Gasteiger partial charge in [-0.25, -0.2) is 0 Å². The van der Waals surface area contributed by atoms with E-state index in [0.29, 0.717) is 6.10 Å². The van der Waals surface area contributed by atoms with Gasteiger partial charge in [-0.15, -0.1) is 0 Å². The van der Waals surface area contributed by atoms with Crippen molar-refractivity contribution in [2.75, 3.05) is 19.7 Å². The topological polar surface area (TPSA) is 12.5 Å². The Morgan fingerprint density at radius 2 is 2.12 bits per heavy atom. The third-order valence-electron chi connectivity index (χ3n) is 4.31. The third kappa shape index (κ3) is 3.21. The molecule has 0 N–H and O–H groups in total. The smallest absolute Gasteiger partial charge is 0.0550 e. The van der Waals surface area contributed by atoms with Crippen LogP contribution in [0, 0.1) is 5.92 Å². The number of rotatable bonds is 3. The zero-order valence-corrected chi connectivity index (χ0v) is 11.0. The molecule has 0 bridgehead atoms. The van der Waals surface area contributed by atoms with Crippen LogP contribution in [0.25, 0.3) is 0 Å². The Kier molecular flexibility index (Phi) is 4.66. The molecule has 2 saturated heterocycles. The molecule has 0 amide bonds. The number of nitrogens with zero attached hydrogens (tertiary/aromatic N) is 1. The van der Waals surface area contributed by atoms with Gasteiger partial charge in [-0.05, 0) is 51.5 Å². The Labute approximate surface area is 100 Å². The van der Waals surface area contributed by atoms with E-state index in [1.54, 1.807) is 0 Å². The normalized spacial score (nSPS) is 37.5. The van der Waals surface area contributed by atoms with E-state index in [4.69, 9.17) is 4.74 Å². The van der Waals surface area contributed by atoms with Gasteiger partial charge >= 0.3 is 0 Å². The molecule has 16 heavy (non-hydrogen) atoms. The van der Waals surface area contributed by atoms with Gasteiger partial charge in [0.15, 0.2) is 0 Å². The first kappa shape index (κ1) is 12.4. The number of ether oxygens (including phenoxy) is 1. The molecule has 0 unspecified atom stereocenters. The summed E-state index contributed by atoms with van der Waals surface area (Å²) in [5.74, 6) is 0.885. The van der Waals surface area contributed by atoms with Crippen molar-refractivity contribution in [3.05, 3.63) is 0 Å². The van der Waals surface area contributed by atoms with Crippen molar-refractivity contribution in [1.29, 1.82) is 0 Å². The van der Waals surface area contributed by atoms with Crippen LogP contribution in [0.1, 0.15) is 52.4 Å². The summed E-state index contributed by atoms with van der Waals surface area (Å²) in [5.41, 5.74) is 0. The first-order valence-corrected chi connectivity index (χ1v) is 7.15. The van der Waals surface area contributed by atoms with Crippen LogP contribution in [-0.4, -0.2) is 36.7 Å². The molecule has 0 aliphatic carbocycles. The van der Waals surface area contributed by atoms with Crippen LogP contribution in [0.4, 0.5) is 0 Å². The average molecular weight is 225 g/mol. The van der Waals surface area contributed by atoms with E-state index >= 15 is 0 Å². The Balaban J connectivity index is 1.82. The van der Waals surface area contributed by atoms with Gasteiger partial charge in [0.2, 0.25) is 0 Å². The van der Waals surface area contributed by atoms with Gasteiger partial charge in [-0.3, -0.25) is 0 Å². The maximum atomic E-state index is 5.63. The van der Waals surface area contributed by atoms with Gasteiger partial charge in [-0.1, -0.05) is 13.3 Å². The first-order valence-electron chi connectivity index (χ1n) is 7.15. The number of hydrogen-bond acceptors (Lipinski definition) is 2. The predicted octanol–water partition coefficient (Wildman–Crippen LogP) is 3.07. The van der Waals surface area contributed by atoms with Crippen LogP contribution in [0.5, 0.6) is 0 Å².